The maximum atomic E-state index is 12.2. The largest absolute Gasteiger partial charge is 0.281 e. The molecule has 0 fully saturated rings. The summed E-state index contributed by atoms with van der Waals surface area (Å²) in [6.45, 7) is 2.17. The number of carbonyl (C=O) groups is 1. The van der Waals surface area contributed by atoms with Crippen LogP contribution in [-0.4, -0.2) is 5.12 Å². The lowest BCUT2D eigenvalue weighted by Crippen LogP contribution is -1.94. The van der Waals surface area contributed by atoms with Crippen molar-refractivity contribution in [1.29, 1.82) is 5.26 Å². The van der Waals surface area contributed by atoms with E-state index in [0.717, 1.165) is 11.3 Å². The number of hydrogen-bond donors (Lipinski definition) is 0. The van der Waals surface area contributed by atoms with Crippen LogP contribution in [0, 0.1) is 11.3 Å². The summed E-state index contributed by atoms with van der Waals surface area (Å²) in [5.74, 6) is 0. The van der Waals surface area contributed by atoms with E-state index in [9.17, 15) is 4.79 Å². The third-order valence-corrected chi connectivity index (χ3v) is 4.13. The second kappa shape index (κ2) is 7.66. The lowest BCUT2D eigenvalue weighted by Gasteiger charge is -2.03. The van der Waals surface area contributed by atoms with Crippen LogP contribution in [0.3, 0.4) is 0 Å². The molecule has 0 bridgehead atoms. The van der Waals surface area contributed by atoms with Crippen molar-refractivity contribution in [3.63, 3.8) is 0 Å². The Morgan fingerprint density at radius 3 is 2.33 bits per heavy atom. The van der Waals surface area contributed by atoms with E-state index >= 15 is 0 Å². The van der Waals surface area contributed by atoms with Crippen molar-refractivity contribution in [3.05, 3.63) is 65.2 Å². The van der Waals surface area contributed by atoms with Crippen molar-refractivity contribution >= 4 is 16.9 Å². The summed E-state index contributed by atoms with van der Waals surface area (Å²) in [6, 6.07) is 17.0. The first-order valence-corrected chi connectivity index (χ1v) is 7.86. The first-order valence-electron chi connectivity index (χ1n) is 7.04. The molecule has 0 spiro atoms. The molecule has 2 nitrogen and oxygen atoms in total. The van der Waals surface area contributed by atoms with Crippen molar-refractivity contribution in [2.24, 2.45) is 0 Å². The topological polar surface area (TPSA) is 40.9 Å². The average molecular weight is 295 g/mol. The van der Waals surface area contributed by atoms with E-state index in [1.54, 1.807) is 24.3 Å². The van der Waals surface area contributed by atoms with Crippen LogP contribution < -0.4 is 0 Å². The first-order chi connectivity index (χ1) is 10.2. The van der Waals surface area contributed by atoms with Crippen LogP contribution in [0.5, 0.6) is 0 Å². The fourth-order valence-corrected chi connectivity index (χ4v) is 2.69. The molecule has 0 saturated carbocycles. The maximum Gasteiger partial charge on any atom is 0.224 e. The van der Waals surface area contributed by atoms with Gasteiger partial charge in [-0.2, -0.15) is 5.26 Å². The molecule has 2 aromatic carbocycles. The van der Waals surface area contributed by atoms with Gasteiger partial charge >= 0.3 is 0 Å². The van der Waals surface area contributed by atoms with E-state index < -0.39 is 0 Å². The molecular formula is C18H17NOS. The number of rotatable bonds is 5. The highest BCUT2D eigenvalue weighted by Gasteiger charge is 2.08. The van der Waals surface area contributed by atoms with Gasteiger partial charge in [-0.3, -0.25) is 4.79 Å². The molecule has 0 N–H and O–H groups in total. The Kier molecular flexibility index (Phi) is 5.59. The molecule has 3 heteroatoms. The van der Waals surface area contributed by atoms with Crippen LogP contribution in [0.2, 0.25) is 0 Å². The molecule has 0 heterocycles. The Hall–Kier alpha value is -2.05. The molecule has 106 valence electrons. The van der Waals surface area contributed by atoms with Gasteiger partial charge in [0, 0.05) is 10.5 Å². The standard InChI is InChI=1S/C18H17NOS/c1-2-3-4-14-5-9-16(10-6-14)18(20)21-17-11-7-15(13-19)8-12-17/h5-12H,2-4H2,1H3. The minimum atomic E-state index is 0.0294. The normalized spacial score (nSPS) is 10.1. The van der Waals surface area contributed by atoms with Gasteiger partial charge in [-0.15, -0.1) is 0 Å². The lowest BCUT2D eigenvalue weighted by molar-refractivity contribution is 0.108. The second-order valence-corrected chi connectivity index (χ2v) is 5.87. The van der Waals surface area contributed by atoms with Gasteiger partial charge in [-0.05, 0) is 54.4 Å². The summed E-state index contributed by atoms with van der Waals surface area (Å²) >= 11 is 1.19. The predicted molar refractivity (Wildman–Crippen MR) is 86.4 cm³/mol. The molecule has 21 heavy (non-hydrogen) atoms. The Morgan fingerprint density at radius 1 is 1.10 bits per heavy atom. The molecule has 0 aliphatic carbocycles. The quantitative estimate of drug-likeness (QED) is 0.741. The van der Waals surface area contributed by atoms with Gasteiger partial charge in [-0.1, -0.05) is 37.6 Å². The van der Waals surface area contributed by atoms with Crippen LogP contribution in [0.1, 0.15) is 41.3 Å². The molecule has 0 saturated heterocycles. The molecule has 2 rings (SSSR count). The second-order valence-electron chi connectivity index (χ2n) is 4.83. The number of carbonyl (C=O) groups excluding carboxylic acids is 1. The van der Waals surface area contributed by atoms with Gasteiger partial charge in [0.05, 0.1) is 11.6 Å². The first kappa shape index (κ1) is 15.3. The van der Waals surface area contributed by atoms with E-state index in [-0.39, 0.29) is 5.12 Å². The van der Waals surface area contributed by atoms with Crippen LogP contribution in [0.4, 0.5) is 0 Å². The SMILES string of the molecule is CCCCc1ccc(C(=O)Sc2ccc(C#N)cc2)cc1. The van der Waals surface area contributed by atoms with E-state index in [1.165, 1.54) is 30.2 Å². The molecule has 0 radical (unpaired) electrons. The summed E-state index contributed by atoms with van der Waals surface area (Å²) in [5.41, 5.74) is 2.59. The van der Waals surface area contributed by atoms with Crippen LogP contribution in [0.25, 0.3) is 0 Å². The van der Waals surface area contributed by atoms with Crippen molar-refractivity contribution in [1.82, 2.24) is 0 Å². The van der Waals surface area contributed by atoms with Crippen molar-refractivity contribution < 1.29 is 4.79 Å². The Labute approximate surface area is 129 Å². The molecule has 0 aliphatic rings. The van der Waals surface area contributed by atoms with Crippen LogP contribution >= 0.6 is 11.8 Å². The summed E-state index contributed by atoms with van der Waals surface area (Å²) in [7, 11) is 0. The highest BCUT2D eigenvalue weighted by molar-refractivity contribution is 8.14. The number of benzene rings is 2. The number of aryl methyl sites for hydroxylation is 1. The summed E-state index contributed by atoms with van der Waals surface area (Å²) in [5, 5.41) is 8.78. The van der Waals surface area contributed by atoms with Crippen molar-refractivity contribution in [3.8, 4) is 6.07 Å². The third kappa shape index (κ3) is 4.47. The highest BCUT2D eigenvalue weighted by atomic mass is 32.2. The zero-order valence-electron chi connectivity index (χ0n) is 12.0. The van der Waals surface area contributed by atoms with E-state index in [4.69, 9.17) is 5.26 Å². The van der Waals surface area contributed by atoms with Crippen LogP contribution in [-0.2, 0) is 6.42 Å². The van der Waals surface area contributed by atoms with Gasteiger partial charge in [0.15, 0.2) is 0 Å². The summed E-state index contributed by atoms with van der Waals surface area (Å²) in [6.07, 6.45) is 3.41. The van der Waals surface area contributed by atoms with Gasteiger partial charge in [0.2, 0.25) is 5.12 Å². The average Bonchev–Trinajstić information content (AvgIpc) is 2.54. The van der Waals surface area contributed by atoms with Crippen LogP contribution in [0.15, 0.2) is 53.4 Å². The fraction of sp³-hybridized carbons (Fsp3) is 0.222. The predicted octanol–water partition coefficient (Wildman–Crippen LogP) is 4.83. The van der Waals surface area contributed by atoms with E-state index in [0.29, 0.717) is 11.1 Å². The number of nitriles is 1. The Balaban J connectivity index is 2.00. The Bertz CT molecular complexity index is 638. The summed E-state index contributed by atoms with van der Waals surface area (Å²) < 4.78 is 0. The molecule has 0 unspecified atom stereocenters. The molecule has 0 amide bonds. The zero-order valence-corrected chi connectivity index (χ0v) is 12.8. The number of thioether (sulfide) groups is 1. The van der Waals surface area contributed by atoms with Gasteiger partial charge in [-0.25, -0.2) is 0 Å². The third-order valence-electron chi connectivity index (χ3n) is 3.20. The van der Waals surface area contributed by atoms with Crippen molar-refractivity contribution in [2.75, 3.05) is 0 Å². The highest BCUT2D eigenvalue weighted by Crippen LogP contribution is 2.23. The van der Waals surface area contributed by atoms with E-state index in [1.807, 2.05) is 24.3 Å². The molecule has 0 aliphatic heterocycles. The molecule has 0 atom stereocenters. The van der Waals surface area contributed by atoms with Gasteiger partial charge in [0.1, 0.15) is 0 Å². The molecular weight excluding hydrogens is 278 g/mol. The minimum absolute atomic E-state index is 0.0294. The lowest BCUT2D eigenvalue weighted by atomic mass is 10.1. The summed E-state index contributed by atoms with van der Waals surface area (Å²) in [4.78, 5) is 13.0. The Morgan fingerprint density at radius 2 is 1.76 bits per heavy atom. The maximum absolute atomic E-state index is 12.2. The van der Waals surface area contributed by atoms with Gasteiger partial charge < -0.3 is 0 Å². The monoisotopic (exact) mass is 295 g/mol. The number of nitrogens with zero attached hydrogens (tertiary/aromatic N) is 1. The zero-order chi connectivity index (χ0) is 15.1. The van der Waals surface area contributed by atoms with E-state index in [2.05, 4.69) is 13.0 Å². The molecule has 2 aromatic rings. The smallest absolute Gasteiger partial charge is 0.224 e. The van der Waals surface area contributed by atoms with Gasteiger partial charge in [0.25, 0.3) is 0 Å². The van der Waals surface area contributed by atoms with Crippen molar-refractivity contribution in [2.45, 2.75) is 31.1 Å². The number of hydrogen-bond acceptors (Lipinski definition) is 3. The number of unbranched alkanes of at least 4 members (excludes halogenated alkanes) is 1. The molecule has 0 aromatic heterocycles. The fourth-order valence-electron chi connectivity index (χ4n) is 1.95. The minimum Gasteiger partial charge on any atom is -0.281 e.